The van der Waals surface area contributed by atoms with Crippen molar-refractivity contribution in [1.29, 1.82) is 0 Å². The highest BCUT2D eigenvalue weighted by Crippen LogP contribution is 2.38. The lowest BCUT2D eigenvalue weighted by molar-refractivity contribution is -0.127. The second-order valence-corrected chi connectivity index (χ2v) is 8.67. The van der Waals surface area contributed by atoms with E-state index in [-0.39, 0.29) is 5.92 Å². The van der Waals surface area contributed by atoms with Crippen molar-refractivity contribution in [3.63, 3.8) is 0 Å². The van der Waals surface area contributed by atoms with E-state index in [0.29, 0.717) is 37.5 Å². The molecule has 0 aliphatic carbocycles. The summed E-state index contributed by atoms with van der Waals surface area (Å²) in [6.45, 7) is 2.34. The molecule has 2 bridgehead atoms. The first kappa shape index (κ1) is 20.3. The number of hydrogen-bond acceptors (Lipinski definition) is 3. The van der Waals surface area contributed by atoms with E-state index in [9.17, 15) is 4.79 Å². The molecule has 0 aromatic heterocycles. The Balaban J connectivity index is 1.22. The molecule has 3 heteroatoms. The van der Waals surface area contributed by atoms with Crippen LogP contribution in [0.3, 0.4) is 0 Å². The molecule has 2 atom stereocenters. The molecule has 2 aromatic rings. The fraction of sp³-hybridized carbons (Fsp3) is 0.500. The SMILES string of the molecule is O=C(CCCOCc1ccccc1)C1CC2CCCC(C1)N2Cc1ccccc1. The molecule has 3 nitrogen and oxygen atoms in total. The van der Waals surface area contributed by atoms with Gasteiger partial charge < -0.3 is 4.74 Å². The van der Waals surface area contributed by atoms with Gasteiger partial charge in [-0.15, -0.1) is 0 Å². The van der Waals surface area contributed by atoms with E-state index < -0.39 is 0 Å². The van der Waals surface area contributed by atoms with Gasteiger partial charge in [0.2, 0.25) is 0 Å². The average Bonchev–Trinajstić information content (AvgIpc) is 2.74. The molecule has 0 radical (unpaired) electrons. The number of benzene rings is 2. The number of carbonyl (C=O) groups is 1. The van der Waals surface area contributed by atoms with Gasteiger partial charge in [0.05, 0.1) is 6.61 Å². The van der Waals surface area contributed by atoms with Crippen molar-refractivity contribution < 1.29 is 9.53 Å². The topological polar surface area (TPSA) is 29.5 Å². The fourth-order valence-corrected chi connectivity index (χ4v) is 5.11. The Bertz CT molecular complexity index is 747. The first-order chi connectivity index (χ1) is 14.3. The summed E-state index contributed by atoms with van der Waals surface area (Å²) < 4.78 is 5.76. The van der Waals surface area contributed by atoms with E-state index in [1.165, 1.54) is 30.4 Å². The molecule has 2 aliphatic rings. The van der Waals surface area contributed by atoms with E-state index in [1.807, 2.05) is 18.2 Å². The number of piperidine rings is 2. The molecule has 2 aromatic carbocycles. The minimum absolute atomic E-state index is 0.256. The number of carbonyl (C=O) groups excluding carboxylic acids is 1. The van der Waals surface area contributed by atoms with Gasteiger partial charge in [-0.25, -0.2) is 0 Å². The Kier molecular flexibility index (Phi) is 7.13. The second-order valence-electron chi connectivity index (χ2n) is 8.67. The van der Waals surface area contributed by atoms with E-state index in [2.05, 4.69) is 47.4 Å². The first-order valence-corrected chi connectivity index (χ1v) is 11.2. The van der Waals surface area contributed by atoms with Crippen LogP contribution in [0, 0.1) is 5.92 Å². The van der Waals surface area contributed by atoms with Gasteiger partial charge in [0.15, 0.2) is 0 Å². The smallest absolute Gasteiger partial charge is 0.136 e. The van der Waals surface area contributed by atoms with E-state index in [0.717, 1.165) is 25.8 Å². The van der Waals surface area contributed by atoms with Gasteiger partial charge in [-0.3, -0.25) is 9.69 Å². The predicted octanol–water partition coefficient (Wildman–Crippen LogP) is 5.39. The highest BCUT2D eigenvalue weighted by atomic mass is 16.5. The second kappa shape index (κ2) is 10.2. The number of ether oxygens (including phenoxy) is 1. The molecular formula is C26H33NO2. The third-order valence-corrected chi connectivity index (χ3v) is 6.61. The number of rotatable bonds is 9. The summed E-state index contributed by atoms with van der Waals surface area (Å²) in [5.41, 5.74) is 2.59. The van der Waals surface area contributed by atoms with Crippen LogP contribution in [0.15, 0.2) is 60.7 Å². The van der Waals surface area contributed by atoms with Crippen molar-refractivity contribution >= 4 is 5.78 Å². The van der Waals surface area contributed by atoms with Crippen LogP contribution >= 0.6 is 0 Å². The van der Waals surface area contributed by atoms with Gasteiger partial charge in [-0.1, -0.05) is 67.1 Å². The molecule has 0 N–H and O–H groups in total. The van der Waals surface area contributed by atoms with Crippen LogP contribution in [0.4, 0.5) is 0 Å². The minimum atomic E-state index is 0.256. The molecule has 2 fully saturated rings. The summed E-state index contributed by atoms with van der Waals surface area (Å²) in [5.74, 6) is 0.719. The van der Waals surface area contributed by atoms with Crippen LogP contribution in [-0.2, 0) is 22.7 Å². The van der Waals surface area contributed by atoms with Gasteiger partial charge in [-0.05, 0) is 43.2 Å². The Morgan fingerprint density at radius 1 is 0.897 bits per heavy atom. The number of ketones is 1. The zero-order valence-electron chi connectivity index (χ0n) is 17.3. The number of fused-ring (bicyclic) bond motifs is 2. The Morgan fingerprint density at radius 2 is 1.52 bits per heavy atom. The van der Waals surface area contributed by atoms with Crippen LogP contribution in [0.1, 0.15) is 56.1 Å². The van der Waals surface area contributed by atoms with Gasteiger partial charge in [0.1, 0.15) is 5.78 Å². The largest absolute Gasteiger partial charge is 0.377 e. The summed E-state index contributed by atoms with van der Waals surface area (Å²) >= 11 is 0. The summed E-state index contributed by atoms with van der Waals surface area (Å²) in [7, 11) is 0. The van der Waals surface area contributed by atoms with Crippen molar-refractivity contribution in [3.05, 3.63) is 71.8 Å². The Morgan fingerprint density at radius 3 is 2.17 bits per heavy atom. The molecule has 2 heterocycles. The summed E-state index contributed by atoms with van der Waals surface area (Å²) in [5, 5.41) is 0. The standard InChI is InChI=1S/C26H33NO2/c28-26(15-8-16-29-20-22-11-5-2-6-12-22)23-17-24-13-7-14-25(18-23)27(24)19-21-9-3-1-4-10-21/h1-6,9-12,23-25H,7-8,13-20H2. The van der Waals surface area contributed by atoms with Crippen molar-refractivity contribution in [3.8, 4) is 0 Å². The Labute approximate surface area is 175 Å². The zero-order chi connectivity index (χ0) is 19.9. The maximum atomic E-state index is 12.9. The molecule has 154 valence electrons. The molecule has 0 spiro atoms. The Hall–Kier alpha value is -1.97. The quantitative estimate of drug-likeness (QED) is 0.537. The van der Waals surface area contributed by atoms with Crippen LogP contribution in [0.25, 0.3) is 0 Å². The van der Waals surface area contributed by atoms with Crippen LogP contribution in [0.2, 0.25) is 0 Å². The van der Waals surface area contributed by atoms with Crippen LogP contribution < -0.4 is 0 Å². The summed E-state index contributed by atoms with van der Waals surface area (Å²) in [6.07, 6.45) is 7.40. The van der Waals surface area contributed by atoms with Crippen LogP contribution in [-0.4, -0.2) is 29.4 Å². The summed E-state index contributed by atoms with van der Waals surface area (Å²) in [4.78, 5) is 15.5. The molecule has 4 rings (SSSR count). The monoisotopic (exact) mass is 391 g/mol. The molecule has 0 amide bonds. The normalized spacial score (nSPS) is 24.3. The summed E-state index contributed by atoms with van der Waals surface area (Å²) in [6, 6.07) is 22.2. The zero-order valence-corrected chi connectivity index (χ0v) is 17.3. The lowest BCUT2D eigenvalue weighted by Gasteiger charge is -2.48. The van der Waals surface area contributed by atoms with E-state index in [1.54, 1.807) is 0 Å². The first-order valence-electron chi connectivity index (χ1n) is 11.2. The minimum Gasteiger partial charge on any atom is -0.377 e. The van der Waals surface area contributed by atoms with Crippen molar-refractivity contribution in [2.45, 2.75) is 70.2 Å². The molecule has 2 aliphatic heterocycles. The fourth-order valence-electron chi connectivity index (χ4n) is 5.11. The molecule has 29 heavy (non-hydrogen) atoms. The molecule has 2 saturated heterocycles. The van der Waals surface area contributed by atoms with E-state index >= 15 is 0 Å². The molecule has 2 unspecified atom stereocenters. The predicted molar refractivity (Wildman–Crippen MR) is 116 cm³/mol. The number of hydrogen-bond donors (Lipinski definition) is 0. The maximum Gasteiger partial charge on any atom is 0.136 e. The van der Waals surface area contributed by atoms with Gasteiger partial charge in [0.25, 0.3) is 0 Å². The average molecular weight is 392 g/mol. The highest BCUT2D eigenvalue weighted by molar-refractivity contribution is 5.81. The van der Waals surface area contributed by atoms with E-state index in [4.69, 9.17) is 4.74 Å². The number of Topliss-reactive ketones (excluding diaryl/α,β-unsaturated/α-hetero) is 1. The van der Waals surface area contributed by atoms with Crippen LogP contribution in [0.5, 0.6) is 0 Å². The third kappa shape index (κ3) is 5.55. The van der Waals surface area contributed by atoms with Gasteiger partial charge >= 0.3 is 0 Å². The molecule has 0 saturated carbocycles. The molecular weight excluding hydrogens is 358 g/mol. The lowest BCUT2D eigenvalue weighted by atomic mass is 9.76. The van der Waals surface area contributed by atoms with Crippen molar-refractivity contribution in [2.75, 3.05) is 6.61 Å². The number of nitrogens with zero attached hydrogens (tertiary/aromatic N) is 1. The third-order valence-electron chi connectivity index (χ3n) is 6.61. The van der Waals surface area contributed by atoms with Crippen molar-refractivity contribution in [2.24, 2.45) is 5.92 Å². The van der Waals surface area contributed by atoms with Gasteiger partial charge in [0, 0.05) is 37.6 Å². The highest BCUT2D eigenvalue weighted by Gasteiger charge is 2.40. The maximum absolute atomic E-state index is 12.9. The van der Waals surface area contributed by atoms with Gasteiger partial charge in [-0.2, -0.15) is 0 Å². The lowest BCUT2D eigenvalue weighted by Crippen LogP contribution is -2.52. The van der Waals surface area contributed by atoms with Crippen molar-refractivity contribution in [1.82, 2.24) is 4.90 Å².